The van der Waals surface area contributed by atoms with Crippen LogP contribution in [-0.4, -0.2) is 96.9 Å². The number of phosphoric ester groups is 2. The molecule has 0 saturated carbocycles. The number of phosphoric acid groups is 2. The average Bonchev–Trinajstić information content (AvgIpc) is 3.62. The van der Waals surface area contributed by atoms with E-state index in [2.05, 4.69) is 70.9 Å². The van der Waals surface area contributed by atoms with E-state index < -0.39 is 83.7 Å². The predicted octanol–water partition coefficient (Wildman–Crippen LogP) is 9.41. The van der Waals surface area contributed by atoms with Crippen molar-refractivity contribution in [2.75, 3.05) is 25.6 Å². The van der Waals surface area contributed by atoms with E-state index in [1.54, 1.807) is 0 Å². The number of ether oxygens (including phenoxy) is 3. The third-order valence-corrected chi connectivity index (χ3v) is 13.3. The smallest absolute Gasteiger partial charge is 0.462 e. The number of unbranched alkanes of at least 4 members (excludes halogenated alkanes) is 5. The van der Waals surface area contributed by atoms with E-state index in [9.17, 15) is 48.6 Å². The summed E-state index contributed by atoms with van der Waals surface area (Å²) in [5.41, 5.74) is 4.57. The number of anilines is 1. The summed E-state index contributed by atoms with van der Waals surface area (Å²) in [7, 11) is -10.9. The third-order valence-electron chi connectivity index (χ3n) is 10.7. The van der Waals surface area contributed by atoms with Gasteiger partial charge in [-0.05, 0) is 96.0 Å². The van der Waals surface area contributed by atoms with Crippen molar-refractivity contribution in [1.29, 1.82) is 0 Å². The van der Waals surface area contributed by atoms with Gasteiger partial charge in [-0.2, -0.15) is 9.29 Å². The monoisotopic (exact) mass is 1070 g/mol. The van der Waals surface area contributed by atoms with E-state index in [0.29, 0.717) is 32.1 Å². The lowest BCUT2D eigenvalue weighted by Gasteiger charge is -2.21. The summed E-state index contributed by atoms with van der Waals surface area (Å²) in [6.45, 7) is 1.80. The molecule has 410 valence electrons. The SMILES string of the molecule is CCCCC/C=C\C/C=C\C/C=C\C/C=C\CCCC(=O)O[C@H](COC(=O)CCC/C=C\C/C=C\C/C=C\C/C=C\CC(O)CCC)COP(=O)(O)OP(=O)(O)OC[C@H]1O[C@@H](n2ccc(N)nc2=O)[C@H](O)[C@@H]1O. The third kappa shape index (κ3) is 31.9. The summed E-state index contributed by atoms with van der Waals surface area (Å²) in [5, 5.41) is 30.7. The second-order valence-corrected chi connectivity index (χ2v) is 20.2. The van der Waals surface area contributed by atoms with Gasteiger partial charge in [0.05, 0.1) is 19.3 Å². The van der Waals surface area contributed by atoms with Crippen LogP contribution in [0.1, 0.15) is 142 Å². The van der Waals surface area contributed by atoms with Crippen LogP contribution in [0.5, 0.6) is 0 Å². The first-order chi connectivity index (χ1) is 35.1. The Morgan fingerprint density at radius 3 is 1.75 bits per heavy atom. The lowest BCUT2D eigenvalue weighted by atomic mass is 10.1. The van der Waals surface area contributed by atoms with Crippen molar-refractivity contribution in [3.05, 3.63) is 120 Å². The maximum absolute atomic E-state index is 12.8. The van der Waals surface area contributed by atoms with E-state index in [1.165, 1.54) is 25.3 Å². The van der Waals surface area contributed by atoms with E-state index in [-0.39, 0.29) is 24.8 Å². The van der Waals surface area contributed by atoms with Crippen molar-refractivity contribution in [2.24, 2.45) is 0 Å². The molecule has 0 aliphatic carbocycles. The number of aromatic nitrogens is 2. The van der Waals surface area contributed by atoms with Gasteiger partial charge >= 0.3 is 33.3 Å². The number of hydrogen-bond acceptors (Lipinski definition) is 16. The molecule has 2 rings (SSSR count). The van der Waals surface area contributed by atoms with E-state index >= 15 is 0 Å². The Bertz CT molecular complexity index is 2120. The highest BCUT2D eigenvalue weighted by molar-refractivity contribution is 7.61. The zero-order chi connectivity index (χ0) is 53.6. The van der Waals surface area contributed by atoms with Gasteiger partial charge in [0.2, 0.25) is 0 Å². The largest absolute Gasteiger partial charge is 0.481 e. The summed E-state index contributed by atoms with van der Waals surface area (Å²) in [6.07, 6.45) is 39.9. The molecule has 0 amide bonds. The molecule has 73 heavy (non-hydrogen) atoms. The molecule has 0 aromatic carbocycles. The van der Waals surface area contributed by atoms with Gasteiger partial charge in [-0.3, -0.25) is 23.2 Å². The first-order valence-corrected chi connectivity index (χ1v) is 28.3. The van der Waals surface area contributed by atoms with Crippen molar-refractivity contribution < 1.29 is 71.4 Å². The Kier molecular flexibility index (Phi) is 34.7. The van der Waals surface area contributed by atoms with Gasteiger partial charge in [0.15, 0.2) is 12.3 Å². The number of carbonyl (C=O) groups is 2. The maximum Gasteiger partial charge on any atom is 0.481 e. The van der Waals surface area contributed by atoms with E-state index in [0.717, 1.165) is 68.6 Å². The number of nitrogens with two attached hydrogens (primary N) is 1. The topological polar surface area (TPSA) is 286 Å². The highest BCUT2D eigenvalue weighted by atomic mass is 31.3. The molecule has 1 aromatic rings. The van der Waals surface area contributed by atoms with Crippen molar-refractivity contribution >= 4 is 33.4 Å². The van der Waals surface area contributed by atoms with E-state index in [4.69, 9.17) is 29.0 Å². The molecule has 1 aliphatic rings. The van der Waals surface area contributed by atoms with Gasteiger partial charge in [0.1, 0.15) is 30.7 Å². The Morgan fingerprint density at radius 1 is 0.712 bits per heavy atom. The first kappa shape index (κ1) is 64.8. The Hall–Kier alpha value is -4.36. The average molecular weight is 1070 g/mol. The normalized spacial score (nSPS) is 20.2. The Morgan fingerprint density at radius 2 is 1.22 bits per heavy atom. The lowest BCUT2D eigenvalue weighted by molar-refractivity contribution is -0.161. The van der Waals surface area contributed by atoms with Crippen molar-refractivity contribution in [3.63, 3.8) is 0 Å². The molecular weight excluding hydrogens is 985 g/mol. The van der Waals surface area contributed by atoms with Gasteiger partial charge in [0, 0.05) is 19.0 Å². The summed E-state index contributed by atoms with van der Waals surface area (Å²) < 4.78 is 56.6. The molecule has 0 spiro atoms. The van der Waals surface area contributed by atoms with Crippen LogP contribution in [0.15, 0.2) is 114 Å². The van der Waals surface area contributed by atoms with Crippen LogP contribution in [0, 0.1) is 0 Å². The summed E-state index contributed by atoms with van der Waals surface area (Å²) in [4.78, 5) is 61.9. The molecule has 3 unspecified atom stereocenters. The molecule has 0 bridgehead atoms. The zero-order valence-electron chi connectivity index (χ0n) is 42.5. The second-order valence-electron chi connectivity index (χ2n) is 17.1. The fraction of sp³-hybridized carbons (Fsp3) is 0.577. The number of hydrogen-bond donors (Lipinski definition) is 6. The molecule has 1 fully saturated rings. The summed E-state index contributed by atoms with van der Waals surface area (Å²) in [5.74, 6) is -1.47. The number of aliphatic hydroxyl groups is 3. The maximum atomic E-state index is 12.8. The van der Waals surface area contributed by atoms with Crippen LogP contribution in [0.25, 0.3) is 0 Å². The van der Waals surface area contributed by atoms with Crippen LogP contribution in [0.2, 0.25) is 0 Å². The quantitative estimate of drug-likeness (QED) is 0.0154. The number of carbonyl (C=O) groups excluding carboxylic acids is 2. The van der Waals surface area contributed by atoms with Crippen LogP contribution in [0.3, 0.4) is 0 Å². The minimum absolute atomic E-state index is 0.0189. The first-order valence-electron chi connectivity index (χ1n) is 25.3. The molecule has 1 saturated heterocycles. The number of nitrogen functional groups attached to an aromatic ring is 1. The van der Waals surface area contributed by atoms with Gasteiger partial charge in [-0.1, -0.05) is 130 Å². The molecule has 0 radical (unpaired) electrons. The second kappa shape index (κ2) is 39.1. The Labute approximate surface area is 431 Å². The molecule has 1 aliphatic heterocycles. The fourth-order valence-corrected chi connectivity index (χ4v) is 8.89. The van der Waals surface area contributed by atoms with Crippen LogP contribution in [0.4, 0.5) is 5.82 Å². The minimum Gasteiger partial charge on any atom is -0.462 e. The summed E-state index contributed by atoms with van der Waals surface area (Å²) in [6, 6.07) is 1.24. The number of allylic oxidation sites excluding steroid dienone is 15. The number of aliphatic hydroxyl groups excluding tert-OH is 3. The molecule has 7 N–H and O–H groups in total. The standard InChI is InChI=1S/C52H81N3O16P2/c1-3-5-6-7-8-9-10-11-12-13-14-17-21-24-27-30-33-37-48(58)69-44(40-66-47(57)36-32-29-26-23-20-18-15-16-19-22-25-28-31-35-43(56)34-4-2)41-67-72(62,63)71-73(64,65)68-42-45-49(59)50(60)51(70-45)55-39-38-46(53)54-52(55)61/h8-9,11-12,14-15,17-19,22-24,26-28,31,38-39,43-45,49-51,56,59-60H,3-7,10,13,16,20-21,25,29-30,32-37,40-42H2,1-2H3,(H,62,63)(H,64,65)(H2,53,54,61)/b9-8-,12-11-,17-14-,18-15-,22-19-,26-23-,27-24-,31-28-/t43?,44-,45-,49-,50-,51-/m1/s1. The van der Waals surface area contributed by atoms with Crippen LogP contribution < -0.4 is 11.4 Å². The van der Waals surface area contributed by atoms with Crippen molar-refractivity contribution in [1.82, 2.24) is 9.55 Å². The number of rotatable bonds is 40. The van der Waals surface area contributed by atoms with Crippen molar-refractivity contribution in [2.45, 2.75) is 173 Å². The van der Waals surface area contributed by atoms with Crippen LogP contribution in [-0.2, 0) is 46.3 Å². The molecule has 8 atom stereocenters. The van der Waals surface area contributed by atoms with Gasteiger partial charge < -0.3 is 45.1 Å². The lowest BCUT2D eigenvalue weighted by Crippen LogP contribution is -2.36. The molecular formula is C52H81N3O16P2. The number of nitrogens with zero attached hydrogens (tertiary/aromatic N) is 2. The highest BCUT2D eigenvalue weighted by Gasteiger charge is 2.46. The van der Waals surface area contributed by atoms with E-state index in [1.807, 2.05) is 49.5 Å². The Balaban J connectivity index is 1.86. The van der Waals surface area contributed by atoms with Gasteiger partial charge in [-0.25, -0.2) is 13.9 Å². The zero-order valence-corrected chi connectivity index (χ0v) is 44.3. The fourth-order valence-electron chi connectivity index (χ4n) is 6.78. The molecule has 19 nitrogen and oxygen atoms in total. The summed E-state index contributed by atoms with van der Waals surface area (Å²) >= 11 is 0. The van der Waals surface area contributed by atoms with Gasteiger partial charge in [0.25, 0.3) is 0 Å². The molecule has 21 heteroatoms. The molecule has 2 heterocycles. The number of esters is 2. The minimum atomic E-state index is -5.46. The molecule has 1 aromatic heterocycles. The predicted molar refractivity (Wildman–Crippen MR) is 281 cm³/mol. The highest BCUT2D eigenvalue weighted by Crippen LogP contribution is 2.60. The van der Waals surface area contributed by atoms with Crippen molar-refractivity contribution in [3.8, 4) is 0 Å². The van der Waals surface area contributed by atoms with Crippen LogP contribution >= 0.6 is 15.6 Å². The van der Waals surface area contributed by atoms with Gasteiger partial charge in [-0.15, -0.1) is 0 Å².